The van der Waals surface area contributed by atoms with Crippen LogP contribution in [0.2, 0.25) is 0 Å². The molecular weight excluding hydrogens is 249 g/mol. The molecule has 0 aliphatic heterocycles. The molecule has 9 heteroatoms. The summed E-state index contributed by atoms with van der Waals surface area (Å²) >= 11 is 0. The first-order valence-electron chi connectivity index (χ1n) is 3.54. The Labute approximate surface area is 84.7 Å². The van der Waals surface area contributed by atoms with Gasteiger partial charge in [-0.3, -0.25) is 0 Å². The maximum absolute atomic E-state index is 12.7. The van der Waals surface area contributed by atoms with Gasteiger partial charge in [-0.1, -0.05) is 6.58 Å². The summed E-state index contributed by atoms with van der Waals surface area (Å²) in [7, 11) is 0. The largest absolute Gasteiger partial charge is 0.470 e. The van der Waals surface area contributed by atoms with E-state index < -0.39 is 29.7 Å². The van der Waals surface area contributed by atoms with Gasteiger partial charge in [-0.2, -0.15) is 30.7 Å². The third-order valence-corrected chi connectivity index (χ3v) is 1.31. The average molecular weight is 254 g/mol. The normalized spacial score (nSPS) is 13.5. The van der Waals surface area contributed by atoms with Crippen LogP contribution in [0.15, 0.2) is 12.2 Å². The van der Waals surface area contributed by atoms with Crippen molar-refractivity contribution in [3.63, 3.8) is 0 Å². The molecule has 0 fully saturated rings. The van der Waals surface area contributed by atoms with Crippen molar-refractivity contribution >= 4 is 5.97 Å². The zero-order valence-corrected chi connectivity index (χ0v) is 7.67. The molecule has 0 saturated heterocycles. The van der Waals surface area contributed by atoms with E-state index in [1.54, 1.807) is 0 Å². The van der Waals surface area contributed by atoms with Crippen molar-refractivity contribution in [2.75, 3.05) is 0 Å². The molecule has 0 N–H and O–H groups in total. The van der Waals surface area contributed by atoms with E-state index in [9.17, 15) is 35.5 Å². The van der Waals surface area contributed by atoms with Gasteiger partial charge in [-0.25, -0.2) is 4.79 Å². The Balaban J connectivity index is 5.30. The lowest BCUT2D eigenvalue weighted by Crippen LogP contribution is -2.56. The van der Waals surface area contributed by atoms with Gasteiger partial charge in [-0.05, 0) is 6.92 Å². The highest BCUT2D eigenvalue weighted by Crippen LogP contribution is 2.47. The second-order valence-electron chi connectivity index (χ2n) is 2.76. The van der Waals surface area contributed by atoms with Gasteiger partial charge >= 0.3 is 24.2 Å². The third kappa shape index (κ3) is 2.64. The molecule has 0 aromatic carbocycles. The van der Waals surface area contributed by atoms with E-state index in [2.05, 4.69) is 11.3 Å². The monoisotopic (exact) mass is 254 g/mol. The summed E-state index contributed by atoms with van der Waals surface area (Å²) in [5, 5.41) is 0. The molecule has 0 aromatic rings. The molecule has 16 heavy (non-hydrogen) atoms. The summed E-state index contributed by atoms with van der Waals surface area (Å²) in [5.74, 6) is -8.16. The maximum Gasteiger partial charge on any atom is 0.470 e. The van der Waals surface area contributed by atoms with Crippen LogP contribution in [0.4, 0.5) is 30.7 Å². The van der Waals surface area contributed by atoms with E-state index in [1.807, 2.05) is 0 Å². The minimum Gasteiger partial charge on any atom is -0.409 e. The van der Waals surface area contributed by atoms with Crippen LogP contribution >= 0.6 is 0 Å². The molecule has 0 saturated carbocycles. The number of esters is 1. The van der Waals surface area contributed by atoms with Crippen LogP contribution in [-0.2, 0) is 9.53 Å². The quantitative estimate of drug-likeness (QED) is 0.430. The van der Waals surface area contributed by atoms with E-state index in [-0.39, 0.29) is 0 Å². The highest BCUT2D eigenvalue weighted by atomic mass is 19.4. The van der Waals surface area contributed by atoms with Crippen molar-refractivity contribution in [1.82, 2.24) is 0 Å². The zero-order chi connectivity index (χ0) is 13.4. The zero-order valence-electron chi connectivity index (χ0n) is 7.67. The Morgan fingerprint density at radius 2 is 1.31 bits per heavy atom. The van der Waals surface area contributed by atoms with Crippen LogP contribution in [-0.4, -0.2) is 24.2 Å². The van der Waals surface area contributed by atoms with Crippen molar-refractivity contribution < 1.29 is 40.3 Å². The Morgan fingerprint density at radius 3 is 1.50 bits per heavy atom. The Hall–Kier alpha value is -1.28. The lowest BCUT2D eigenvalue weighted by Gasteiger charge is -2.28. The SMILES string of the molecule is C=C(C)C(=O)OC(F)(C(F)(F)F)C(F)(F)F. The molecule has 0 spiro atoms. The number of hydrogen-bond acceptors (Lipinski definition) is 2. The van der Waals surface area contributed by atoms with Crippen LogP contribution < -0.4 is 0 Å². The fourth-order valence-electron chi connectivity index (χ4n) is 0.491. The third-order valence-electron chi connectivity index (χ3n) is 1.31. The second kappa shape index (κ2) is 3.95. The molecule has 2 nitrogen and oxygen atoms in total. The standard InChI is InChI=1S/C7H5F7O2/c1-3(2)4(15)16-5(8,6(9,10)11)7(12,13)14/h1H2,2H3. The van der Waals surface area contributed by atoms with Crippen LogP contribution in [0.25, 0.3) is 0 Å². The number of carbonyl (C=O) groups excluding carboxylic acids is 1. The number of halogens is 7. The van der Waals surface area contributed by atoms with Crippen molar-refractivity contribution in [2.24, 2.45) is 0 Å². The predicted octanol–water partition coefficient (Wildman–Crippen LogP) is 2.90. The number of carbonyl (C=O) groups is 1. The summed E-state index contributed by atoms with van der Waals surface area (Å²) in [6.07, 6.45) is -12.8. The second-order valence-corrected chi connectivity index (χ2v) is 2.76. The lowest BCUT2D eigenvalue weighted by molar-refractivity contribution is -0.416. The molecule has 0 bridgehead atoms. The number of rotatable bonds is 2. The van der Waals surface area contributed by atoms with Crippen molar-refractivity contribution in [3.05, 3.63) is 12.2 Å². The lowest BCUT2D eigenvalue weighted by atomic mass is 10.2. The minimum absolute atomic E-state index is 0.773. The van der Waals surface area contributed by atoms with Crippen molar-refractivity contribution in [3.8, 4) is 0 Å². The van der Waals surface area contributed by atoms with Gasteiger partial charge in [0.2, 0.25) is 0 Å². The molecule has 0 amide bonds. The van der Waals surface area contributed by atoms with Gasteiger partial charge in [0, 0.05) is 5.57 Å². The van der Waals surface area contributed by atoms with Crippen LogP contribution in [0.1, 0.15) is 6.92 Å². The van der Waals surface area contributed by atoms with Crippen LogP contribution in [0.3, 0.4) is 0 Å². The fraction of sp³-hybridized carbons (Fsp3) is 0.571. The van der Waals surface area contributed by atoms with Crippen LogP contribution in [0.5, 0.6) is 0 Å². The Morgan fingerprint density at radius 1 is 1.00 bits per heavy atom. The van der Waals surface area contributed by atoms with Gasteiger partial charge in [0.1, 0.15) is 0 Å². The van der Waals surface area contributed by atoms with E-state index >= 15 is 0 Å². The van der Waals surface area contributed by atoms with Crippen molar-refractivity contribution in [1.29, 1.82) is 0 Å². The molecule has 0 aliphatic rings. The van der Waals surface area contributed by atoms with Gasteiger partial charge in [0.15, 0.2) is 0 Å². The summed E-state index contributed by atoms with van der Waals surface area (Å²) in [4.78, 5) is 10.5. The van der Waals surface area contributed by atoms with E-state index in [4.69, 9.17) is 0 Å². The maximum atomic E-state index is 12.7. The average Bonchev–Trinajstić information content (AvgIpc) is 1.99. The van der Waals surface area contributed by atoms with Crippen molar-refractivity contribution in [2.45, 2.75) is 25.1 Å². The van der Waals surface area contributed by atoms with E-state index in [0.29, 0.717) is 0 Å². The first-order chi connectivity index (χ1) is 6.83. The van der Waals surface area contributed by atoms with Gasteiger partial charge in [0.05, 0.1) is 0 Å². The fourth-order valence-corrected chi connectivity index (χ4v) is 0.491. The van der Waals surface area contributed by atoms with Gasteiger partial charge in [0.25, 0.3) is 0 Å². The summed E-state index contributed by atoms with van der Waals surface area (Å²) in [6.45, 7) is 3.50. The summed E-state index contributed by atoms with van der Waals surface area (Å²) in [5.41, 5.74) is -0.796. The van der Waals surface area contributed by atoms with Crippen LogP contribution in [0, 0.1) is 0 Å². The highest BCUT2D eigenvalue weighted by Gasteiger charge is 2.76. The predicted molar refractivity (Wildman–Crippen MR) is 36.9 cm³/mol. The molecular formula is C7H5F7O2. The number of hydrogen-bond donors (Lipinski definition) is 0. The minimum atomic E-state index is -6.42. The first-order valence-corrected chi connectivity index (χ1v) is 3.54. The van der Waals surface area contributed by atoms with Gasteiger partial charge in [-0.15, -0.1) is 0 Å². The molecule has 0 heterocycles. The van der Waals surface area contributed by atoms with Gasteiger partial charge < -0.3 is 4.74 Å². The number of ether oxygens (including phenoxy) is 1. The Bertz CT molecular complexity index is 287. The smallest absolute Gasteiger partial charge is 0.409 e. The van der Waals surface area contributed by atoms with E-state index in [0.717, 1.165) is 6.92 Å². The first kappa shape index (κ1) is 14.7. The molecule has 0 aromatic heterocycles. The summed E-state index contributed by atoms with van der Waals surface area (Å²) in [6, 6.07) is 0. The topological polar surface area (TPSA) is 26.3 Å². The molecule has 0 aliphatic carbocycles. The van der Waals surface area contributed by atoms with E-state index in [1.165, 1.54) is 0 Å². The molecule has 0 atom stereocenters. The summed E-state index contributed by atoms with van der Waals surface area (Å²) < 4.78 is 86.4. The molecule has 0 radical (unpaired) electrons. The highest BCUT2D eigenvalue weighted by molar-refractivity contribution is 5.87. The molecule has 94 valence electrons. The molecule has 0 rings (SSSR count). The molecule has 0 unspecified atom stereocenters. The number of alkyl halides is 7. The Kier molecular flexibility index (Phi) is 3.63.